The standard InChI is InChI=1S/C17H30N2/c1-6-15(16-10-8-7-9-11-16)13-18-14(2)12-19-17(3,4)5/h7-11,14-15,18-19H,6,12-13H2,1-5H3. The molecule has 2 unspecified atom stereocenters. The zero-order valence-corrected chi connectivity index (χ0v) is 13.2. The fraction of sp³-hybridized carbons (Fsp3) is 0.647. The van der Waals surface area contributed by atoms with Crippen LogP contribution >= 0.6 is 0 Å². The van der Waals surface area contributed by atoms with E-state index < -0.39 is 0 Å². The number of benzene rings is 1. The molecule has 0 heterocycles. The Morgan fingerprint density at radius 1 is 1.05 bits per heavy atom. The lowest BCUT2D eigenvalue weighted by Gasteiger charge is -2.25. The quantitative estimate of drug-likeness (QED) is 0.785. The van der Waals surface area contributed by atoms with E-state index >= 15 is 0 Å². The number of hydrogen-bond donors (Lipinski definition) is 2. The molecule has 0 aromatic heterocycles. The van der Waals surface area contributed by atoms with Crippen molar-refractivity contribution in [3.05, 3.63) is 35.9 Å². The molecule has 0 saturated carbocycles. The monoisotopic (exact) mass is 262 g/mol. The minimum absolute atomic E-state index is 0.194. The lowest BCUT2D eigenvalue weighted by molar-refractivity contribution is 0.382. The van der Waals surface area contributed by atoms with Gasteiger partial charge in [0.2, 0.25) is 0 Å². The third kappa shape index (κ3) is 6.74. The summed E-state index contributed by atoms with van der Waals surface area (Å²) in [5.74, 6) is 0.610. The molecule has 108 valence electrons. The molecule has 0 amide bonds. The van der Waals surface area contributed by atoms with E-state index in [1.165, 1.54) is 12.0 Å². The summed E-state index contributed by atoms with van der Waals surface area (Å²) in [4.78, 5) is 0. The Kier molecular flexibility index (Phi) is 6.53. The first-order chi connectivity index (χ1) is 8.92. The first-order valence-electron chi connectivity index (χ1n) is 7.45. The van der Waals surface area contributed by atoms with Crippen LogP contribution in [-0.4, -0.2) is 24.7 Å². The molecule has 1 aromatic rings. The van der Waals surface area contributed by atoms with Crippen molar-refractivity contribution in [3.8, 4) is 0 Å². The summed E-state index contributed by atoms with van der Waals surface area (Å²) in [5, 5.41) is 7.18. The largest absolute Gasteiger partial charge is 0.312 e. The van der Waals surface area contributed by atoms with Crippen LogP contribution in [0.5, 0.6) is 0 Å². The average Bonchev–Trinajstić information content (AvgIpc) is 2.37. The Morgan fingerprint density at radius 3 is 2.21 bits per heavy atom. The van der Waals surface area contributed by atoms with Gasteiger partial charge >= 0.3 is 0 Å². The highest BCUT2D eigenvalue weighted by atomic mass is 15.0. The smallest absolute Gasteiger partial charge is 0.0164 e. The SMILES string of the molecule is CCC(CNC(C)CNC(C)(C)C)c1ccccc1. The average molecular weight is 262 g/mol. The van der Waals surface area contributed by atoms with Crippen LogP contribution < -0.4 is 10.6 Å². The maximum atomic E-state index is 3.64. The zero-order valence-electron chi connectivity index (χ0n) is 13.2. The van der Waals surface area contributed by atoms with Crippen LogP contribution in [0.25, 0.3) is 0 Å². The van der Waals surface area contributed by atoms with Crippen LogP contribution in [-0.2, 0) is 0 Å². The molecule has 0 aliphatic rings. The zero-order chi connectivity index (χ0) is 14.3. The predicted molar refractivity (Wildman–Crippen MR) is 84.7 cm³/mol. The number of hydrogen-bond acceptors (Lipinski definition) is 2. The lowest BCUT2D eigenvalue weighted by Crippen LogP contribution is -2.45. The molecule has 0 aliphatic heterocycles. The summed E-state index contributed by atoms with van der Waals surface area (Å²) in [6.07, 6.45) is 1.18. The van der Waals surface area contributed by atoms with E-state index in [1.807, 2.05) is 0 Å². The number of nitrogens with one attached hydrogen (secondary N) is 2. The predicted octanol–water partition coefficient (Wildman–Crippen LogP) is 3.55. The Labute approximate surface area is 119 Å². The van der Waals surface area contributed by atoms with Gasteiger partial charge in [0.1, 0.15) is 0 Å². The molecule has 1 rings (SSSR count). The summed E-state index contributed by atoms with van der Waals surface area (Å²) < 4.78 is 0. The van der Waals surface area contributed by atoms with Gasteiger partial charge in [-0.05, 0) is 45.6 Å². The molecule has 2 N–H and O–H groups in total. The molecule has 19 heavy (non-hydrogen) atoms. The maximum absolute atomic E-state index is 3.64. The van der Waals surface area contributed by atoms with E-state index in [2.05, 4.69) is 75.6 Å². The van der Waals surface area contributed by atoms with Gasteiger partial charge in [0.15, 0.2) is 0 Å². The molecule has 0 spiro atoms. The summed E-state index contributed by atoms with van der Waals surface area (Å²) >= 11 is 0. The highest BCUT2D eigenvalue weighted by Gasteiger charge is 2.13. The van der Waals surface area contributed by atoms with Crippen molar-refractivity contribution < 1.29 is 0 Å². The van der Waals surface area contributed by atoms with Crippen LogP contribution in [0.15, 0.2) is 30.3 Å². The van der Waals surface area contributed by atoms with Crippen molar-refractivity contribution in [2.24, 2.45) is 0 Å². The third-order valence-electron chi connectivity index (χ3n) is 3.42. The Bertz CT molecular complexity index is 340. The summed E-state index contributed by atoms with van der Waals surface area (Å²) in [5.41, 5.74) is 1.63. The van der Waals surface area contributed by atoms with Crippen LogP contribution in [0.3, 0.4) is 0 Å². The molecule has 0 saturated heterocycles. The molecule has 0 fully saturated rings. The molecule has 2 nitrogen and oxygen atoms in total. The van der Waals surface area contributed by atoms with Crippen LogP contribution in [0.1, 0.15) is 52.5 Å². The maximum Gasteiger partial charge on any atom is 0.0164 e. The van der Waals surface area contributed by atoms with Gasteiger partial charge < -0.3 is 10.6 Å². The summed E-state index contributed by atoms with van der Waals surface area (Å²) in [6, 6.07) is 11.3. The van der Waals surface area contributed by atoms with Gasteiger partial charge in [0, 0.05) is 24.7 Å². The van der Waals surface area contributed by atoms with E-state index in [-0.39, 0.29) is 5.54 Å². The van der Waals surface area contributed by atoms with Crippen molar-refractivity contribution in [2.45, 2.75) is 58.5 Å². The van der Waals surface area contributed by atoms with Crippen molar-refractivity contribution in [1.82, 2.24) is 10.6 Å². The van der Waals surface area contributed by atoms with Crippen LogP contribution in [0.4, 0.5) is 0 Å². The van der Waals surface area contributed by atoms with Crippen LogP contribution in [0.2, 0.25) is 0 Å². The Hall–Kier alpha value is -0.860. The van der Waals surface area contributed by atoms with Gasteiger partial charge in [0.25, 0.3) is 0 Å². The third-order valence-corrected chi connectivity index (χ3v) is 3.42. The van der Waals surface area contributed by atoms with E-state index in [9.17, 15) is 0 Å². The van der Waals surface area contributed by atoms with E-state index in [0.29, 0.717) is 12.0 Å². The van der Waals surface area contributed by atoms with E-state index in [0.717, 1.165) is 13.1 Å². The summed E-state index contributed by atoms with van der Waals surface area (Å²) in [7, 11) is 0. The molecule has 0 aliphatic carbocycles. The second-order valence-electron chi connectivity index (χ2n) is 6.46. The second kappa shape index (κ2) is 7.66. The van der Waals surface area contributed by atoms with Gasteiger partial charge in [-0.2, -0.15) is 0 Å². The number of rotatable bonds is 7. The van der Waals surface area contributed by atoms with Crippen molar-refractivity contribution >= 4 is 0 Å². The van der Waals surface area contributed by atoms with Crippen LogP contribution in [0, 0.1) is 0 Å². The lowest BCUT2D eigenvalue weighted by atomic mass is 9.96. The molecular formula is C17H30N2. The van der Waals surface area contributed by atoms with E-state index in [4.69, 9.17) is 0 Å². The highest BCUT2D eigenvalue weighted by molar-refractivity contribution is 5.19. The van der Waals surface area contributed by atoms with Crippen molar-refractivity contribution in [1.29, 1.82) is 0 Å². The normalized spacial score (nSPS) is 15.2. The topological polar surface area (TPSA) is 24.1 Å². The van der Waals surface area contributed by atoms with Gasteiger partial charge in [-0.15, -0.1) is 0 Å². The minimum atomic E-state index is 0.194. The van der Waals surface area contributed by atoms with Gasteiger partial charge in [-0.3, -0.25) is 0 Å². The van der Waals surface area contributed by atoms with Crippen molar-refractivity contribution in [2.75, 3.05) is 13.1 Å². The van der Waals surface area contributed by atoms with E-state index in [1.54, 1.807) is 0 Å². The second-order valence-corrected chi connectivity index (χ2v) is 6.46. The van der Waals surface area contributed by atoms with Gasteiger partial charge in [-0.1, -0.05) is 37.3 Å². The first kappa shape index (κ1) is 16.2. The fourth-order valence-electron chi connectivity index (χ4n) is 2.10. The first-order valence-corrected chi connectivity index (χ1v) is 7.45. The molecule has 2 atom stereocenters. The molecule has 1 aromatic carbocycles. The molecule has 0 bridgehead atoms. The van der Waals surface area contributed by atoms with Gasteiger partial charge in [-0.25, -0.2) is 0 Å². The molecule has 2 heteroatoms. The fourth-order valence-corrected chi connectivity index (χ4v) is 2.10. The van der Waals surface area contributed by atoms with Gasteiger partial charge in [0.05, 0.1) is 0 Å². The summed E-state index contributed by atoms with van der Waals surface area (Å²) in [6.45, 7) is 13.2. The Morgan fingerprint density at radius 2 is 1.68 bits per heavy atom. The van der Waals surface area contributed by atoms with Crippen molar-refractivity contribution in [3.63, 3.8) is 0 Å². The highest BCUT2D eigenvalue weighted by Crippen LogP contribution is 2.18. The minimum Gasteiger partial charge on any atom is -0.312 e. The molecular weight excluding hydrogens is 232 g/mol. The Balaban J connectivity index is 2.37. The molecule has 0 radical (unpaired) electrons.